The van der Waals surface area contributed by atoms with Gasteiger partial charge in [0.1, 0.15) is 0 Å². The van der Waals surface area contributed by atoms with Crippen LogP contribution in [0.15, 0.2) is 49.7 Å². The molecule has 6 nitrogen and oxygen atoms in total. The van der Waals surface area contributed by atoms with Crippen LogP contribution in [0.3, 0.4) is 0 Å². The second-order valence-corrected chi connectivity index (χ2v) is 6.77. The number of nitrogens with zero attached hydrogens (tertiary/aromatic N) is 3. The lowest BCUT2D eigenvalue weighted by Gasteiger charge is -2.00. The van der Waals surface area contributed by atoms with E-state index in [-0.39, 0.29) is 5.56 Å². The molecule has 0 aliphatic carbocycles. The molecule has 0 fully saturated rings. The summed E-state index contributed by atoms with van der Waals surface area (Å²) in [6.45, 7) is 1.96. The van der Waals surface area contributed by atoms with Crippen LogP contribution >= 0.6 is 23.5 Å². The van der Waals surface area contributed by atoms with Crippen molar-refractivity contribution in [1.29, 1.82) is 0 Å². The van der Waals surface area contributed by atoms with Crippen molar-refractivity contribution in [3.8, 4) is 11.4 Å². The number of aromatic nitrogens is 4. The summed E-state index contributed by atoms with van der Waals surface area (Å²) < 4.78 is 5.28. The van der Waals surface area contributed by atoms with Gasteiger partial charge in [-0.15, -0.1) is 11.8 Å². The maximum Gasteiger partial charge on any atom is 0.251 e. The monoisotopic (exact) mass is 360 g/mol. The van der Waals surface area contributed by atoms with Crippen LogP contribution in [0.4, 0.5) is 0 Å². The number of hydrogen-bond acceptors (Lipinski definition) is 7. The van der Waals surface area contributed by atoms with Crippen LogP contribution in [0.2, 0.25) is 0 Å². The van der Waals surface area contributed by atoms with Gasteiger partial charge >= 0.3 is 0 Å². The third kappa shape index (κ3) is 4.07. The second kappa shape index (κ2) is 7.67. The Kier molecular flexibility index (Phi) is 5.37. The fraction of sp³-hybridized carbons (Fsp3) is 0.250. The Morgan fingerprint density at radius 2 is 2.00 bits per heavy atom. The zero-order chi connectivity index (χ0) is 16.9. The molecule has 3 rings (SSSR count). The number of rotatable bonds is 6. The minimum Gasteiger partial charge on any atom is -0.338 e. The maximum atomic E-state index is 11.6. The molecule has 0 radical (unpaired) electrons. The van der Waals surface area contributed by atoms with E-state index in [4.69, 9.17) is 4.52 Å². The van der Waals surface area contributed by atoms with Gasteiger partial charge in [0, 0.05) is 22.2 Å². The fourth-order valence-electron chi connectivity index (χ4n) is 2.03. The molecule has 0 aliphatic rings. The van der Waals surface area contributed by atoms with Crippen LogP contribution in [0.5, 0.6) is 0 Å². The number of aryl methyl sites for hydroxylation is 1. The predicted molar refractivity (Wildman–Crippen MR) is 95.3 cm³/mol. The van der Waals surface area contributed by atoms with Crippen molar-refractivity contribution in [1.82, 2.24) is 20.1 Å². The van der Waals surface area contributed by atoms with Crippen LogP contribution in [-0.2, 0) is 12.2 Å². The van der Waals surface area contributed by atoms with E-state index in [1.807, 2.05) is 37.4 Å². The summed E-state index contributed by atoms with van der Waals surface area (Å²) in [5.74, 6) is 1.50. The molecule has 0 bridgehead atoms. The Balaban J connectivity index is 1.69. The first-order chi connectivity index (χ1) is 11.7. The van der Waals surface area contributed by atoms with Crippen molar-refractivity contribution < 1.29 is 4.52 Å². The zero-order valence-electron chi connectivity index (χ0n) is 13.3. The molecule has 0 aliphatic heterocycles. The minimum atomic E-state index is -0.149. The fourth-order valence-corrected chi connectivity index (χ4v) is 3.17. The molecule has 1 N–H and O–H groups in total. The summed E-state index contributed by atoms with van der Waals surface area (Å²) in [7, 11) is 0. The topological polar surface area (TPSA) is 84.7 Å². The third-order valence-electron chi connectivity index (χ3n) is 3.28. The summed E-state index contributed by atoms with van der Waals surface area (Å²) >= 11 is 3.05. The largest absolute Gasteiger partial charge is 0.338 e. The SMILES string of the molecule is CCc1cc(=O)[nH]c(SCc2nc(-c3ccc(SC)cc3)no2)n1. The van der Waals surface area contributed by atoms with E-state index in [2.05, 4.69) is 20.1 Å². The van der Waals surface area contributed by atoms with Gasteiger partial charge in [0.05, 0.1) is 5.75 Å². The van der Waals surface area contributed by atoms with Crippen molar-refractivity contribution >= 4 is 23.5 Å². The number of thioether (sulfide) groups is 2. The Labute approximate surface area is 147 Å². The smallest absolute Gasteiger partial charge is 0.251 e. The molecule has 0 saturated heterocycles. The van der Waals surface area contributed by atoms with Gasteiger partial charge in [0.15, 0.2) is 5.16 Å². The van der Waals surface area contributed by atoms with Crippen molar-refractivity contribution in [3.63, 3.8) is 0 Å². The molecule has 0 unspecified atom stereocenters. The molecule has 2 aromatic heterocycles. The van der Waals surface area contributed by atoms with Crippen LogP contribution in [-0.4, -0.2) is 26.4 Å². The average molecular weight is 360 g/mol. The molecule has 2 heterocycles. The van der Waals surface area contributed by atoms with Gasteiger partial charge in [-0.3, -0.25) is 4.79 Å². The van der Waals surface area contributed by atoms with Gasteiger partial charge in [-0.25, -0.2) is 4.98 Å². The van der Waals surface area contributed by atoms with Gasteiger partial charge in [-0.2, -0.15) is 4.98 Å². The van der Waals surface area contributed by atoms with E-state index < -0.39 is 0 Å². The Morgan fingerprint density at radius 3 is 2.71 bits per heavy atom. The lowest BCUT2D eigenvalue weighted by molar-refractivity contribution is 0.391. The number of hydrogen-bond donors (Lipinski definition) is 1. The lowest BCUT2D eigenvalue weighted by Crippen LogP contribution is -2.09. The van der Waals surface area contributed by atoms with Crippen LogP contribution < -0.4 is 5.56 Å². The Bertz CT molecular complexity index is 874. The van der Waals surface area contributed by atoms with Gasteiger partial charge in [0.2, 0.25) is 11.7 Å². The molecular formula is C16H16N4O2S2. The van der Waals surface area contributed by atoms with E-state index in [0.29, 0.717) is 29.0 Å². The first-order valence-corrected chi connectivity index (χ1v) is 9.59. The van der Waals surface area contributed by atoms with E-state index in [9.17, 15) is 4.79 Å². The highest BCUT2D eigenvalue weighted by molar-refractivity contribution is 7.98. The highest BCUT2D eigenvalue weighted by Crippen LogP contribution is 2.23. The standard InChI is InChI=1S/C16H16N4O2S2/c1-3-11-8-13(21)18-16(17-11)24-9-14-19-15(20-22-14)10-4-6-12(23-2)7-5-10/h4-8H,3,9H2,1-2H3,(H,17,18,21). The van der Waals surface area contributed by atoms with Crippen LogP contribution in [0.1, 0.15) is 18.5 Å². The maximum absolute atomic E-state index is 11.6. The first-order valence-electron chi connectivity index (χ1n) is 7.38. The molecule has 0 saturated carbocycles. The summed E-state index contributed by atoms with van der Waals surface area (Å²) in [6.07, 6.45) is 2.75. The third-order valence-corrected chi connectivity index (χ3v) is 4.89. The molecule has 0 spiro atoms. The van der Waals surface area contributed by atoms with Gasteiger partial charge in [-0.1, -0.05) is 23.8 Å². The highest BCUT2D eigenvalue weighted by atomic mass is 32.2. The Morgan fingerprint density at radius 1 is 1.21 bits per heavy atom. The van der Waals surface area contributed by atoms with E-state index in [1.54, 1.807) is 11.8 Å². The zero-order valence-corrected chi connectivity index (χ0v) is 14.9. The summed E-state index contributed by atoms with van der Waals surface area (Å²) in [5.41, 5.74) is 1.53. The van der Waals surface area contributed by atoms with E-state index in [1.165, 1.54) is 22.7 Å². The normalized spacial score (nSPS) is 10.9. The average Bonchev–Trinajstić information content (AvgIpc) is 3.08. The molecule has 24 heavy (non-hydrogen) atoms. The number of nitrogens with one attached hydrogen (secondary N) is 1. The minimum absolute atomic E-state index is 0.149. The van der Waals surface area contributed by atoms with Gasteiger partial charge in [0.25, 0.3) is 5.56 Å². The first kappa shape index (κ1) is 16.8. The summed E-state index contributed by atoms with van der Waals surface area (Å²) in [6, 6.07) is 9.49. The summed E-state index contributed by atoms with van der Waals surface area (Å²) in [5, 5.41) is 4.57. The number of benzene rings is 1. The molecule has 8 heteroatoms. The highest BCUT2D eigenvalue weighted by Gasteiger charge is 2.10. The Hall–Kier alpha value is -2.06. The molecule has 0 atom stereocenters. The molecule has 1 aromatic carbocycles. The summed E-state index contributed by atoms with van der Waals surface area (Å²) in [4.78, 5) is 24.2. The quantitative estimate of drug-likeness (QED) is 0.533. The molecule has 0 amide bonds. The van der Waals surface area contributed by atoms with Crippen molar-refractivity contribution in [2.45, 2.75) is 29.1 Å². The molecular weight excluding hydrogens is 344 g/mol. The van der Waals surface area contributed by atoms with Gasteiger partial charge in [-0.05, 0) is 36.9 Å². The van der Waals surface area contributed by atoms with Crippen molar-refractivity contribution in [3.05, 3.63) is 52.3 Å². The number of aromatic amines is 1. The molecule has 3 aromatic rings. The van der Waals surface area contributed by atoms with Gasteiger partial charge < -0.3 is 9.51 Å². The van der Waals surface area contributed by atoms with E-state index >= 15 is 0 Å². The lowest BCUT2D eigenvalue weighted by atomic mass is 10.2. The van der Waals surface area contributed by atoms with Crippen molar-refractivity contribution in [2.75, 3.05) is 6.26 Å². The van der Waals surface area contributed by atoms with Crippen LogP contribution in [0.25, 0.3) is 11.4 Å². The van der Waals surface area contributed by atoms with Crippen molar-refractivity contribution in [2.24, 2.45) is 0 Å². The number of H-pyrrole nitrogens is 1. The molecule has 124 valence electrons. The van der Waals surface area contributed by atoms with E-state index in [0.717, 1.165) is 11.3 Å². The predicted octanol–water partition coefficient (Wildman–Crippen LogP) is 3.40. The van der Waals surface area contributed by atoms with Crippen LogP contribution in [0, 0.1) is 0 Å². The second-order valence-electron chi connectivity index (χ2n) is 4.92.